The summed E-state index contributed by atoms with van der Waals surface area (Å²) in [5.41, 5.74) is 0.921. The van der Waals surface area contributed by atoms with Crippen LogP contribution in [0.5, 0.6) is 5.75 Å². The van der Waals surface area contributed by atoms with Crippen LogP contribution in [0.2, 0.25) is 0 Å². The van der Waals surface area contributed by atoms with E-state index in [1.165, 1.54) is 13.0 Å². The molecule has 0 saturated carbocycles. The van der Waals surface area contributed by atoms with Gasteiger partial charge in [0.15, 0.2) is 5.82 Å². The van der Waals surface area contributed by atoms with Crippen LogP contribution in [0.4, 0.5) is 19.0 Å². The highest BCUT2D eigenvalue weighted by Crippen LogP contribution is 2.36. The summed E-state index contributed by atoms with van der Waals surface area (Å²) in [5, 5.41) is 16.9. The third kappa shape index (κ3) is 5.50. The quantitative estimate of drug-likeness (QED) is 0.453. The normalized spacial score (nSPS) is 17.0. The molecule has 1 saturated heterocycles. The zero-order valence-electron chi connectivity index (χ0n) is 18.8. The van der Waals surface area contributed by atoms with Gasteiger partial charge in [0, 0.05) is 16.8 Å². The highest BCUT2D eigenvalue weighted by atomic mass is 35.5. The number of aryl methyl sites for hydroxylation is 1. The summed E-state index contributed by atoms with van der Waals surface area (Å²) in [7, 11) is 0. The third-order valence-corrected chi connectivity index (χ3v) is 6.05. The fraction of sp³-hybridized carbons (Fsp3) is 0.417. The molecule has 0 unspecified atom stereocenters. The Morgan fingerprint density at radius 1 is 1.15 bits per heavy atom. The van der Waals surface area contributed by atoms with Gasteiger partial charge in [-0.15, -0.1) is 17.5 Å². The summed E-state index contributed by atoms with van der Waals surface area (Å²) in [6.45, 7) is 6.80. The molecule has 3 aromatic rings. The predicted octanol–water partition coefficient (Wildman–Crippen LogP) is 5.99. The van der Waals surface area contributed by atoms with Gasteiger partial charge in [-0.05, 0) is 75.5 Å². The molecule has 0 spiro atoms. The van der Waals surface area contributed by atoms with Crippen molar-refractivity contribution in [1.82, 2.24) is 15.5 Å². The van der Waals surface area contributed by atoms with Gasteiger partial charge in [0.05, 0.1) is 17.3 Å². The lowest BCUT2D eigenvalue weighted by molar-refractivity contribution is -0.138. The Kier molecular flexibility index (Phi) is 7.69. The number of anilines is 1. The third-order valence-electron chi connectivity index (χ3n) is 6.05. The van der Waals surface area contributed by atoms with E-state index in [2.05, 4.69) is 20.8 Å². The average Bonchev–Trinajstić information content (AvgIpc) is 3.27. The lowest BCUT2D eigenvalue weighted by Gasteiger charge is -2.21. The topological polar surface area (TPSA) is 59.1 Å². The Hall–Kier alpha value is -2.58. The van der Waals surface area contributed by atoms with Gasteiger partial charge in [-0.1, -0.05) is 12.1 Å². The average molecular weight is 481 g/mol. The van der Waals surface area contributed by atoms with Crippen LogP contribution in [0.3, 0.4) is 0 Å². The highest BCUT2D eigenvalue weighted by Gasteiger charge is 2.33. The number of benzene rings is 2. The van der Waals surface area contributed by atoms with E-state index in [1.54, 1.807) is 6.07 Å². The largest absolute Gasteiger partial charge is 0.492 e. The molecule has 2 N–H and O–H groups in total. The summed E-state index contributed by atoms with van der Waals surface area (Å²) in [5.74, 6) is 1.24. The molecule has 33 heavy (non-hydrogen) atoms. The molecule has 9 heteroatoms. The Labute approximate surface area is 197 Å². The van der Waals surface area contributed by atoms with Gasteiger partial charge in [0.25, 0.3) is 0 Å². The zero-order valence-corrected chi connectivity index (χ0v) is 19.6. The monoisotopic (exact) mass is 480 g/mol. The van der Waals surface area contributed by atoms with Crippen LogP contribution < -0.4 is 15.4 Å². The highest BCUT2D eigenvalue weighted by molar-refractivity contribution is 5.94. The Bertz CT molecular complexity index is 1120. The van der Waals surface area contributed by atoms with Crippen molar-refractivity contribution in [1.29, 1.82) is 0 Å². The van der Waals surface area contributed by atoms with E-state index < -0.39 is 17.8 Å². The molecular formula is C24H28ClF3N4O. The number of rotatable bonds is 6. The van der Waals surface area contributed by atoms with E-state index in [0.29, 0.717) is 24.0 Å². The summed E-state index contributed by atoms with van der Waals surface area (Å²) in [6, 6.07) is 9.98. The zero-order chi connectivity index (χ0) is 22.9. The second-order valence-electron chi connectivity index (χ2n) is 8.33. The molecule has 2 atom stereocenters. The van der Waals surface area contributed by atoms with Gasteiger partial charge in [-0.2, -0.15) is 18.3 Å². The van der Waals surface area contributed by atoms with Crippen LogP contribution in [0, 0.1) is 13.8 Å². The van der Waals surface area contributed by atoms with E-state index in [1.807, 2.05) is 32.0 Å². The van der Waals surface area contributed by atoms with Crippen molar-refractivity contribution in [2.45, 2.75) is 51.9 Å². The van der Waals surface area contributed by atoms with Crippen LogP contribution in [0.25, 0.3) is 10.8 Å². The van der Waals surface area contributed by atoms with E-state index in [9.17, 15) is 13.2 Å². The number of halogens is 4. The Balaban J connectivity index is 0.00000306. The maximum Gasteiger partial charge on any atom is 0.416 e. The van der Waals surface area contributed by atoms with Crippen molar-refractivity contribution < 1.29 is 17.9 Å². The SMILES string of the molecule is Cc1c([C@@H](C)Nc2nnc(C)c3ccc(OC[C@H]4CCCN4)cc23)cccc1C(F)(F)F.Cl. The number of fused-ring (bicyclic) bond motifs is 1. The molecule has 0 radical (unpaired) electrons. The van der Waals surface area contributed by atoms with Crippen molar-refractivity contribution in [3.05, 3.63) is 58.8 Å². The van der Waals surface area contributed by atoms with E-state index >= 15 is 0 Å². The van der Waals surface area contributed by atoms with Crippen LogP contribution in [-0.2, 0) is 6.18 Å². The standard InChI is InChI=1S/C24H27F3N4O.ClH/c1-14-19(7-4-8-22(14)24(25,26)27)15(2)29-23-21-12-18(32-13-17-6-5-11-28-17)9-10-20(21)16(3)30-31-23;/h4,7-10,12,15,17,28H,5-6,11,13H2,1-3H3,(H,29,31);1H/t15-,17-;/m1./s1. The van der Waals surface area contributed by atoms with Crippen LogP contribution in [0.15, 0.2) is 36.4 Å². The van der Waals surface area contributed by atoms with Crippen LogP contribution >= 0.6 is 12.4 Å². The molecule has 2 heterocycles. The van der Waals surface area contributed by atoms with Gasteiger partial charge in [-0.25, -0.2) is 0 Å². The van der Waals surface area contributed by atoms with Gasteiger partial charge in [0.2, 0.25) is 0 Å². The second-order valence-corrected chi connectivity index (χ2v) is 8.33. The van der Waals surface area contributed by atoms with Crippen molar-refractivity contribution >= 4 is 29.0 Å². The van der Waals surface area contributed by atoms with E-state index in [4.69, 9.17) is 4.74 Å². The smallest absolute Gasteiger partial charge is 0.416 e. The molecule has 1 fully saturated rings. The molecular weight excluding hydrogens is 453 g/mol. The molecule has 178 valence electrons. The fourth-order valence-electron chi connectivity index (χ4n) is 4.27. The number of hydrogen-bond acceptors (Lipinski definition) is 5. The Morgan fingerprint density at radius 3 is 2.64 bits per heavy atom. The van der Waals surface area contributed by atoms with Crippen molar-refractivity contribution in [3.8, 4) is 5.75 Å². The summed E-state index contributed by atoms with van der Waals surface area (Å²) in [6.07, 6.45) is -2.14. The van der Waals surface area contributed by atoms with Crippen molar-refractivity contribution in [2.75, 3.05) is 18.5 Å². The van der Waals surface area contributed by atoms with Crippen LogP contribution in [-0.4, -0.2) is 29.4 Å². The van der Waals surface area contributed by atoms with E-state index in [0.717, 1.165) is 47.7 Å². The van der Waals surface area contributed by atoms with Gasteiger partial charge in [-0.3, -0.25) is 0 Å². The summed E-state index contributed by atoms with van der Waals surface area (Å²) in [4.78, 5) is 0. The first-order chi connectivity index (χ1) is 15.2. The van der Waals surface area contributed by atoms with Gasteiger partial charge < -0.3 is 15.4 Å². The first-order valence-electron chi connectivity index (χ1n) is 10.8. The number of nitrogens with one attached hydrogen (secondary N) is 2. The minimum absolute atomic E-state index is 0. The lowest BCUT2D eigenvalue weighted by Crippen LogP contribution is -2.28. The maximum atomic E-state index is 13.3. The first kappa shape index (κ1) is 25.1. The first-order valence-corrected chi connectivity index (χ1v) is 10.8. The maximum absolute atomic E-state index is 13.3. The number of alkyl halides is 3. The number of hydrogen-bond donors (Lipinski definition) is 2. The Morgan fingerprint density at radius 2 is 1.94 bits per heavy atom. The summed E-state index contributed by atoms with van der Waals surface area (Å²) >= 11 is 0. The van der Waals surface area contributed by atoms with E-state index in [-0.39, 0.29) is 18.0 Å². The molecule has 0 bridgehead atoms. The number of ether oxygens (including phenoxy) is 1. The molecule has 1 aliphatic rings. The number of nitrogens with zero attached hydrogens (tertiary/aromatic N) is 2. The van der Waals surface area contributed by atoms with Crippen molar-refractivity contribution in [2.24, 2.45) is 0 Å². The van der Waals surface area contributed by atoms with Gasteiger partial charge >= 0.3 is 6.18 Å². The summed E-state index contributed by atoms with van der Waals surface area (Å²) < 4.78 is 46.0. The van der Waals surface area contributed by atoms with Crippen LogP contribution in [0.1, 0.15) is 48.2 Å². The molecule has 0 amide bonds. The number of aromatic nitrogens is 2. The molecule has 4 rings (SSSR count). The minimum Gasteiger partial charge on any atom is -0.492 e. The molecule has 5 nitrogen and oxygen atoms in total. The fourth-order valence-corrected chi connectivity index (χ4v) is 4.27. The minimum atomic E-state index is -4.39. The molecule has 0 aliphatic carbocycles. The second kappa shape index (κ2) is 10.1. The molecule has 1 aromatic heterocycles. The predicted molar refractivity (Wildman–Crippen MR) is 126 cm³/mol. The van der Waals surface area contributed by atoms with Crippen molar-refractivity contribution in [3.63, 3.8) is 0 Å². The lowest BCUT2D eigenvalue weighted by atomic mass is 9.97. The molecule has 1 aliphatic heterocycles. The molecule has 2 aromatic carbocycles. The van der Waals surface area contributed by atoms with Gasteiger partial charge in [0.1, 0.15) is 12.4 Å².